The van der Waals surface area contributed by atoms with Crippen molar-refractivity contribution in [1.82, 2.24) is 0 Å². The molecule has 0 amide bonds. The van der Waals surface area contributed by atoms with Gasteiger partial charge in [-0.3, -0.25) is 0 Å². The summed E-state index contributed by atoms with van der Waals surface area (Å²) in [6.07, 6.45) is 0. The fraction of sp³-hybridized carbons (Fsp3) is 0.0417. The van der Waals surface area contributed by atoms with E-state index in [-0.39, 0.29) is 0 Å². The minimum Gasteiger partial charge on any atom is -0.399 e. The number of halogens is 1. The van der Waals surface area contributed by atoms with Gasteiger partial charge in [0.2, 0.25) is 11.4 Å². The van der Waals surface area contributed by atoms with Crippen LogP contribution in [-0.2, 0) is 7.05 Å². The molecule has 0 radical (unpaired) electrons. The van der Waals surface area contributed by atoms with E-state index in [1.165, 1.54) is 28.1 Å². The van der Waals surface area contributed by atoms with Crippen molar-refractivity contribution in [2.45, 2.75) is 0 Å². The highest BCUT2D eigenvalue weighted by Crippen LogP contribution is 2.29. The number of pyridine rings is 1. The van der Waals surface area contributed by atoms with Crippen LogP contribution in [0.2, 0.25) is 0 Å². The van der Waals surface area contributed by atoms with Crippen LogP contribution in [0.15, 0.2) is 97.1 Å². The van der Waals surface area contributed by atoms with E-state index in [2.05, 4.69) is 84.4 Å². The van der Waals surface area contributed by atoms with Crippen LogP contribution in [0.3, 0.4) is 0 Å². The standard InChI is InChI=1S/C24H20N2.ClHO4/c1-26-23(19-8-4-2-5-9-19)16-21(18-12-14-22(25)15-13-18)17-24(26)20-10-6-3-7-11-20;2-1(3,4)5/h2-17,25H,1H3;(H,2,3,4,5). The molecule has 2 N–H and O–H groups in total. The summed E-state index contributed by atoms with van der Waals surface area (Å²) in [6, 6.07) is 33.5. The number of rotatable bonds is 3. The number of benzene rings is 3. The molecule has 0 bridgehead atoms. The van der Waals surface area contributed by atoms with Crippen LogP contribution in [0.25, 0.3) is 33.6 Å². The van der Waals surface area contributed by atoms with Gasteiger partial charge in [0.05, 0.1) is 0 Å². The average Bonchev–Trinajstić information content (AvgIpc) is 2.75. The number of hydrogen-bond donors (Lipinski definition) is 1. The fourth-order valence-corrected chi connectivity index (χ4v) is 3.27. The normalized spacial score (nSPS) is 10.9. The molecule has 0 spiro atoms. The first-order chi connectivity index (χ1) is 14.7. The van der Waals surface area contributed by atoms with E-state index < -0.39 is 10.2 Å². The summed E-state index contributed by atoms with van der Waals surface area (Å²) in [4.78, 5) is 0. The summed E-state index contributed by atoms with van der Waals surface area (Å²) in [6.45, 7) is 0. The molecule has 6 nitrogen and oxygen atoms in total. The maximum Gasteiger partial charge on any atom is 0.213 e. The number of nitrogens with two attached hydrogens (primary N) is 1. The third-order valence-electron chi connectivity index (χ3n) is 4.69. The summed E-state index contributed by atoms with van der Waals surface area (Å²) in [5.74, 6) is 0. The molecular formula is C24H21ClN2O4. The first-order valence-electron chi connectivity index (χ1n) is 9.35. The van der Waals surface area contributed by atoms with Gasteiger partial charge >= 0.3 is 0 Å². The molecular weight excluding hydrogens is 416 g/mol. The largest absolute Gasteiger partial charge is 0.399 e. The van der Waals surface area contributed by atoms with Gasteiger partial charge in [0.15, 0.2) is 0 Å². The third-order valence-corrected chi connectivity index (χ3v) is 4.69. The second-order valence-corrected chi connectivity index (χ2v) is 7.56. The van der Waals surface area contributed by atoms with Crippen LogP contribution < -0.4 is 28.9 Å². The number of nitrogens with zero attached hydrogens (tertiary/aromatic N) is 1. The fourth-order valence-electron chi connectivity index (χ4n) is 3.27. The molecule has 7 heteroatoms. The van der Waals surface area contributed by atoms with Crippen molar-refractivity contribution in [3.05, 3.63) is 97.1 Å². The molecule has 0 aliphatic heterocycles. The lowest BCUT2D eigenvalue weighted by atomic mass is 9.99. The van der Waals surface area contributed by atoms with Gasteiger partial charge in [-0.25, -0.2) is 18.6 Å². The highest BCUT2D eigenvalue weighted by atomic mass is 35.7. The maximum atomic E-state index is 8.49. The molecule has 0 unspecified atom stereocenters. The first kappa shape index (κ1) is 22.4. The molecule has 0 aliphatic carbocycles. The first-order valence-corrected chi connectivity index (χ1v) is 10.6. The van der Waals surface area contributed by atoms with Gasteiger partial charge in [0.25, 0.3) is 0 Å². The molecule has 1 heterocycles. The van der Waals surface area contributed by atoms with Crippen LogP contribution in [0, 0.1) is 10.2 Å². The minimum atomic E-state index is -4.94. The molecule has 0 atom stereocenters. The zero-order chi connectivity index (χ0) is 22.4. The lowest BCUT2D eigenvalue weighted by Gasteiger charge is -2.17. The molecule has 1 aromatic heterocycles. The Morgan fingerprint density at radius 2 is 0.968 bits per heavy atom. The van der Waals surface area contributed by atoms with E-state index in [1.807, 2.05) is 24.3 Å². The predicted molar refractivity (Wildman–Crippen MR) is 108 cm³/mol. The van der Waals surface area contributed by atoms with Gasteiger partial charge in [-0.1, -0.05) is 48.5 Å². The maximum absolute atomic E-state index is 8.49. The van der Waals surface area contributed by atoms with Gasteiger partial charge in [0, 0.05) is 28.9 Å². The highest BCUT2D eigenvalue weighted by Gasteiger charge is 2.19. The summed E-state index contributed by atoms with van der Waals surface area (Å²) < 4.78 is 36.2. The lowest BCUT2D eigenvalue weighted by Crippen LogP contribution is -2.68. The van der Waals surface area contributed by atoms with Crippen LogP contribution in [0.5, 0.6) is 0 Å². The second-order valence-electron chi connectivity index (χ2n) is 6.81. The molecule has 3 aromatic carbocycles. The van der Waals surface area contributed by atoms with E-state index in [0.29, 0.717) is 0 Å². The number of nitrogen functional groups attached to an aromatic ring is 1. The van der Waals surface area contributed by atoms with E-state index in [4.69, 9.17) is 24.4 Å². The Morgan fingerprint density at radius 1 is 0.581 bits per heavy atom. The molecule has 0 fully saturated rings. The SMILES string of the molecule is C[n+]1c(-c2ccccc2)cc(-c2ccc(N)cc2)cc1-c1ccccc1.[O-][Cl+3]([O-])([O-])[O-]. The van der Waals surface area contributed by atoms with E-state index in [0.717, 1.165) is 11.3 Å². The topological polar surface area (TPSA) is 122 Å². The molecule has 0 aliphatic rings. The molecule has 31 heavy (non-hydrogen) atoms. The molecule has 158 valence electrons. The smallest absolute Gasteiger partial charge is 0.213 e. The van der Waals surface area contributed by atoms with Crippen molar-refractivity contribution in [2.75, 3.05) is 5.73 Å². The van der Waals surface area contributed by atoms with Crippen molar-refractivity contribution in [1.29, 1.82) is 0 Å². The van der Waals surface area contributed by atoms with Gasteiger partial charge < -0.3 is 5.73 Å². The summed E-state index contributed by atoms with van der Waals surface area (Å²) in [5, 5.41) is 0. The van der Waals surface area contributed by atoms with E-state index >= 15 is 0 Å². The van der Waals surface area contributed by atoms with Crippen molar-refractivity contribution < 1.29 is 33.4 Å². The Labute approximate surface area is 182 Å². The van der Waals surface area contributed by atoms with Crippen molar-refractivity contribution in [3.63, 3.8) is 0 Å². The van der Waals surface area contributed by atoms with Gasteiger partial charge in [-0.05, 0) is 47.5 Å². The zero-order valence-electron chi connectivity index (χ0n) is 16.8. The molecule has 4 rings (SSSR count). The van der Waals surface area contributed by atoms with Crippen LogP contribution in [-0.4, -0.2) is 0 Å². The van der Waals surface area contributed by atoms with Crippen LogP contribution in [0.4, 0.5) is 5.69 Å². The monoisotopic (exact) mass is 436 g/mol. The third kappa shape index (κ3) is 6.36. The Morgan fingerprint density at radius 3 is 1.35 bits per heavy atom. The molecule has 0 saturated carbocycles. The van der Waals surface area contributed by atoms with Crippen molar-refractivity contribution in [2.24, 2.45) is 7.05 Å². The minimum absolute atomic E-state index is 0.779. The van der Waals surface area contributed by atoms with Crippen molar-refractivity contribution in [3.8, 4) is 33.6 Å². The molecule has 0 saturated heterocycles. The summed E-state index contributed by atoms with van der Waals surface area (Å²) >= 11 is 0. The van der Waals surface area contributed by atoms with Crippen molar-refractivity contribution >= 4 is 5.69 Å². The quantitative estimate of drug-likeness (QED) is 0.366. The number of anilines is 1. The number of aromatic nitrogens is 1. The van der Waals surface area contributed by atoms with E-state index in [9.17, 15) is 0 Å². The molecule has 4 aromatic rings. The second kappa shape index (κ2) is 9.70. The Kier molecular flexibility index (Phi) is 7.02. The van der Waals surface area contributed by atoms with Gasteiger partial charge in [0.1, 0.15) is 7.05 Å². The van der Waals surface area contributed by atoms with Crippen LogP contribution in [0.1, 0.15) is 0 Å². The Hall–Kier alpha value is -3.26. The Bertz CT molecular complexity index is 1060. The highest BCUT2D eigenvalue weighted by molar-refractivity contribution is 5.74. The van der Waals surface area contributed by atoms with E-state index in [1.54, 1.807) is 0 Å². The lowest BCUT2D eigenvalue weighted by molar-refractivity contribution is -2.00. The summed E-state index contributed by atoms with van der Waals surface area (Å²) in [7, 11) is -2.82. The number of hydrogen-bond acceptors (Lipinski definition) is 5. The zero-order valence-corrected chi connectivity index (χ0v) is 17.5. The van der Waals surface area contributed by atoms with Crippen LogP contribution >= 0.6 is 0 Å². The average molecular weight is 437 g/mol. The summed E-state index contributed by atoms with van der Waals surface area (Å²) in [5.41, 5.74) is 13.7. The predicted octanol–water partition coefficient (Wildman–Crippen LogP) is 0.338. The van der Waals surface area contributed by atoms with Gasteiger partial charge in [-0.2, -0.15) is 4.57 Å². The Balaban J connectivity index is 0.000000491. The van der Waals surface area contributed by atoms with Gasteiger partial charge in [-0.15, -0.1) is 10.2 Å².